The monoisotopic (exact) mass is 468 g/mol. The highest BCUT2D eigenvalue weighted by Crippen LogP contribution is 2.54. The number of anilines is 1. The van der Waals surface area contributed by atoms with Crippen molar-refractivity contribution < 1.29 is 33.0 Å². The van der Waals surface area contributed by atoms with Crippen LogP contribution in [0.15, 0.2) is 51.0 Å². The van der Waals surface area contributed by atoms with Gasteiger partial charge in [-0.05, 0) is 26.3 Å². The molecule has 34 heavy (non-hydrogen) atoms. The van der Waals surface area contributed by atoms with Crippen LogP contribution in [0.1, 0.15) is 43.6 Å². The van der Waals surface area contributed by atoms with Crippen LogP contribution >= 0.6 is 0 Å². The van der Waals surface area contributed by atoms with Gasteiger partial charge in [0.2, 0.25) is 5.88 Å². The summed E-state index contributed by atoms with van der Waals surface area (Å²) in [4.78, 5) is 54.3. The second-order valence-electron chi connectivity index (χ2n) is 7.82. The minimum atomic E-state index is -2.13. The average molecular weight is 468 g/mol. The van der Waals surface area contributed by atoms with Crippen molar-refractivity contribution in [2.24, 2.45) is 5.73 Å². The van der Waals surface area contributed by atoms with Gasteiger partial charge in [-0.25, -0.2) is 19.3 Å². The number of unbranched alkanes of at least 4 members (excludes halogenated alkanes) is 1. The van der Waals surface area contributed by atoms with Gasteiger partial charge in [0.25, 0.3) is 5.91 Å². The maximum Gasteiger partial charge on any atom is 0.421 e. The number of hydrogen-bond acceptors (Lipinski definition) is 9. The minimum absolute atomic E-state index is 0.00269. The highest BCUT2D eigenvalue weighted by atomic mass is 16.6. The molecule has 2 N–H and O–H groups in total. The fourth-order valence-electron chi connectivity index (χ4n) is 4.35. The van der Waals surface area contributed by atoms with Gasteiger partial charge in [-0.2, -0.15) is 0 Å². The number of rotatable bonds is 5. The molecule has 1 aromatic carbocycles. The van der Waals surface area contributed by atoms with E-state index in [1.54, 1.807) is 19.1 Å². The number of aryl methyl sites for hydroxylation is 1. The Morgan fingerprint density at radius 2 is 1.88 bits per heavy atom. The number of imide groups is 1. The number of hydrogen-bond donors (Lipinski definition) is 1. The van der Waals surface area contributed by atoms with Crippen molar-refractivity contribution in [1.29, 1.82) is 0 Å². The predicted octanol–water partition coefficient (Wildman–Crippen LogP) is 2.64. The summed E-state index contributed by atoms with van der Waals surface area (Å²) in [5.41, 5.74) is 2.82. The number of esters is 1. The van der Waals surface area contributed by atoms with Gasteiger partial charge in [0, 0.05) is 11.6 Å². The number of benzene rings is 1. The topological polar surface area (TPSA) is 138 Å². The molecule has 10 nitrogen and oxygen atoms in total. The highest BCUT2D eigenvalue weighted by molar-refractivity contribution is 6.26. The zero-order valence-electron chi connectivity index (χ0n) is 19.0. The smallest absolute Gasteiger partial charge is 0.421 e. The van der Waals surface area contributed by atoms with E-state index in [0.717, 1.165) is 11.3 Å². The Bertz CT molecular complexity index is 1280. The highest BCUT2D eigenvalue weighted by Gasteiger charge is 2.64. The predicted molar refractivity (Wildman–Crippen MR) is 119 cm³/mol. The van der Waals surface area contributed by atoms with E-state index in [2.05, 4.69) is 0 Å². The number of fused-ring (bicyclic) bond motifs is 4. The Morgan fingerprint density at radius 3 is 2.59 bits per heavy atom. The second kappa shape index (κ2) is 8.69. The Kier molecular flexibility index (Phi) is 5.90. The summed E-state index contributed by atoms with van der Waals surface area (Å²) < 4.78 is 21.4. The van der Waals surface area contributed by atoms with Crippen molar-refractivity contribution in [3.8, 4) is 5.75 Å². The van der Waals surface area contributed by atoms with Crippen molar-refractivity contribution >= 4 is 23.7 Å². The van der Waals surface area contributed by atoms with Crippen LogP contribution in [0.25, 0.3) is 0 Å². The van der Waals surface area contributed by atoms with Crippen LogP contribution in [0.4, 0.5) is 10.5 Å². The van der Waals surface area contributed by atoms with Crippen LogP contribution in [0.3, 0.4) is 0 Å². The van der Waals surface area contributed by atoms with Crippen LogP contribution in [-0.2, 0) is 24.5 Å². The van der Waals surface area contributed by atoms with Gasteiger partial charge >= 0.3 is 17.7 Å². The first kappa shape index (κ1) is 23.1. The third-order valence-electron chi connectivity index (χ3n) is 5.71. The molecule has 10 heteroatoms. The lowest BCUT2D eigenvalue weighted by Gasteiger charge is -2.34. The number of ether oxygens (including phenoxy) is 3. The average Bonchev–Trinajstić information content (AvgIpc) is 3.02. The number of amides is 2. The zero-order valence-corrected chi connectivity index (χ0v) is 19.0. The lowest BCUT2D eigenvalue weighted by molar-refractivity contribution is -0.141. The Hall–Kier alpha value is -4.08. The van der Waals surface area contributed by atoms with Crippen LogP contribution in [0.5, 0.6) is 5.75 Å². The Morgan fingerprint density at radius 1 is 1.15 bits per heavy atom. The molecule has 0 fully saturated rings. The van der Waals surface area contributed by atoms with Gasteiger partial charge in [-0.1, -0.05) is 31.5 Å². The van der Waals surface area contributed by atoms with Gasteiger partial charge in [0.05, 0.1) is 18.9 Å². The van der Waals surface area contributed by atoms with Gasteiger partial charge in [0.15, 0.2) is 5.41 Å². The number of carbonyl (C=O) groups is 3. The molecule has 0 aliphatic carbocycles. The lowest BCUT2D eigenvalue weighted by atomic mass is 9.69. The molecule has 1 unspecified atom stereocenters. The number of carbonyl (C=O) groups excluding carboxylic acids is 3. The van der Waals surface area contributed by atoms with E-state index in [1.807, 2.05) is 6.92 Å². The standard InChI is InChI=1S/C24H24N2O8/c1-4-6-11-32-20(27)18-19(25)34-16-12-13(3)33-21(28)17(16)24(18)14-9-7-8-10-15(14)26(22(24)29)23(30)31-5-2/h7-10,12H,4-6,11,25H2,1-3H3. The summed E-state index contributed by atoms with van der Waals surface area (Å²) in [5, 5.41) is 0. The van der Waals surface area contributed by atoms with Gasteiger partial charge in [-0.3, -0.25) is 4.79 Å². The summed E-state index contributed by atoms with van der Waals surface area (Å²) in [5.74, 6) is -2.11. The molecule has 0 saturated carbocycles. The van der Waals surface area contributed by atoms with E-state index >= 15 is 0 Å². The van der Waals surface area contributed by atoms with E-state index in [4.69, 9.17) is 24.4 Å². The van der Waals surface area contributed by atoms with Crippen molar-refractivity contribution in [2.45, 2.75) is 39.0 Å². The molecule has 4 rings (SSSR count). The van der Waals surface area contributed by atoms with E-state index in [0.29, 0.717) is 6.42 Å². The van der Waals surface area contributed by atoms with Crippen LogP contribution in [-0.4, -0.2) is 31.2 Å². The molecule has 2 aliphatic rings. The van der Waals surface area contributed by atoms with Crippen molar-refractivity contribution in [3.63, 3.8) is 0 Å². The summed E-state index contributed by atoms with van der Waals surface area (Å²) in [6, 6.07) is 7.67. The number of nitrogens with zero attached hydrogens (tertiary/aromatic N) is 1. The van der Waals surface area contributed by atoms with Gasteiger partial charge in [-0.15, -0.1) is 0 Å². The summed E-state index contributed by atoms with van der Waals surface area (Å²) in [6.07, 6.45) is 0.371. The molecular formula is C24H24N2O8. The molecule has 0 saturated heterocycles. The van der Waals surface area contributed by atoms with Crippen molar-refractivity contribution in [3.05, 3.63) is 69.1 Å². The zero-order chi connectivity index (χ0) is 24.6. The van der Waals surface area contributed by atoms with Gasteiger partial charge < -0.3 is 24.4 Å². The quantitative estimate of drug-likeness (QED) is 0.518. The molecule has 1 aromatic heterocycles. The van der Waals surface area contributed by atoms with Crippen LogP contribution in [0.2, 0.25) is 0 Å². The van der Waals surface area contributed by atoms with Gasteiger partial charge in [0.1, 0.15) is 22.6 Å². The first-order valence-electron chi connectivity index (χ1n) is 10.9. The third kappa shape index (κ3) is 3.25. The molecule has 178 valence electrons. The normalized spacial score (nSPS) is 18.4. The van der Waals surface area contributed by atoms with E-state index < -0.39 is 40.5 Å². The minimum Gasteiger partial charge on any atom is -0.462 e. The fourth-order valence-corrected chi connectivity index (χ4v) is 4.35. The first-order valence-corrected chi connectivity index (χ1v) is 10.9. The Labute approximate surface area is 194 Å². The maximum atomic E-state index is 14.1. The molecule has 2 amide bonds. The maximum absolute atomic E-state index is 14.1. The molecule has 0 bridgehead atoms. The second-order valence-corrected chi connectivity index (χ2v) is 7.82. The molecule has 2 aromatic rings. The summed E-state index contributed by atoms with van der Waals surface area (Å²) in [7, 11) is 0. The van der Waals surface area contributed by atoms with Crippen molar-refractivity contribution in [1.82, 2.24) is 0 Å². The van der Waals surface area contributed by atoms with Crippen molar-refractivity contribution in [2.75, 3.05) is 18.1 Å². The lowest BCUT2D eigenvalue weighted by Crippen LogP contribution is -2.52. The molecular weight excluding hydrogens is 444 g/mol. The van der Waals surface area contributed by atoms with Crippen LogP contribution < -0.4 is 21.0 Å². The van der Waals surface area contributed by atoms with E-state index in [1.165, 1.54) is 25.1 Å². The molecule has 2 aliphatic heterocycles. The summed E-state index contributed by atoms with van der Waals surface area (Å²) >= 11 is 0. The van der Waals surface area contributed by atoms with E-state index in [-0.39, 0.29) is 41.5 Å². The molecule has 1 spiro atoms. The fraction of sp³-hybridized carbons (Fsp3) is 0.333. The summed E-state index contributed by atoms with van der Waals surface area (Å²) in [6.45, 7) is 5.11. The molecule has 0 radical (unpaired) electrons. The van der Waals surface area contributed by atoms with E-state index in [9.17, 15) is 19.2 Å². The molecule has 1 atom stereocenters. The number of para-hydroxylation sites is 1. The number of nitrogens with two attached hydrogens (primary N) is 1. The largest absolute Gasteiger partial charge is 0.462 e. The Balaban J connectivity index is 2.06. The molecule has 3 heterocycles. The SMILES string of the molecule is CCCCOC(=O)C1=C(N)Oc2cc(C)oc(=O)c2C12C(=O)N(C(=O)OCC)c1ccccc12. The third-order valence-corrected chi connectivity index (χ3v) is 5.71. The van der Waals surface area contributed by atoms with Crippen LogP contribution in [0, 0.1) is 6.92 Å². The first-order chi connectivity index (χ1) is 16.3.